The van der Waals surface area contributed by atoms with Gasteiger partial charge in [-0.3, -0.25) is 4.79 Å². The van der Waals surface area contributed by atoms with Gasteiger partial charge in [0, 0.05) is 17.7 Å². The van der Waals surface area contributed by atoms with Gasteiger partial charge in [-0.15, -0.1) is 0 Å². The zero-order valence-electron chi connectivity index (χ0n) is 18.5. The van der Waals surface area contributed by atoms with Crippen LogP contribution in [0.5, 0.6) is 17.2 Å². The van der Waals surface area contributed by atoms with Crippen molar-refractivity contribution in [3.63, 3.8) is 0 Å². The molecule has 1 aromatic heterocycles. The van der Waals surface area contributed by atoms with Gasteiger partial charge in [0.25, 0.3) is 0 Å². The highest BCUT2D eigenvalue weighted by molar-refractivity contribution is 6.00. The lowest BCUT2D eigenvalue weighted by Crippen LogP contribution is -2.33. The van der Waals surface area contributed by atoms with Crippen LogP contribution in [0.2, 0.25) is 0 Å². The molecule has 170 valence electrons. The van der Waals surface area contributed by atoms with Crippen molar-refractivity contribution in [2.24, 2.45) is 0 Å². The molecule has 33 heavy (non-hydrogen) atoms. The summed E-state index contributed by atoms with van der Waals surface area (Å²) in [6.45, 7) is 0. The molecular weight excluding hydrogens is 427 g/mol. The third kappa shape index (κ3) is 3.49. The number of fused-ring (bicyclic) bond motifs is 1. The van der Waals surface area contributed by atoms with E-state index in [1.807, 2.05) is 12.1 Å². The molecule has 5 rings (SSSR count). The van der Waals surface area contributed by atoms with Crippen LogP contribution in [-0.2, 0) is 4.79 Å². The standard InChI is InChI=1S/C24H23FN4O4/c1-31-19-10-15(11-20(32-2)23(19)33-3)14-8-17-21(18(30)9-14)22(13-4-6-16(25)7-5-13)29-24(28-17)26-12-27-29/h4-7,10-12,14,22H,8-9H2,1-3H3,(H,26,27,28)/t14-,22+/m0/s1. The van der Waals surface area contributed by atoms with Gasteiger partial charge in [0.1, 0.15) is 18.2 Å². The van der Waals surface area contributed by atoms with E-state index >= 15 is 0 Å². The molecular formula is C24H23FN4O4. The first-order valence-corrected chi connectivity index (χ1v) is 10.5. The molecule has 0 saturated carbocycles. The van der Waals surface area contributed by atoms with E-state index in [0.717, 1.165) is 16.8 Å². The number of methoxy groups -OCH3 is 3. The quantitative estimate of drug-likeness (QED) is 0.632. The first kappa shape index (κ1) is 21.0. The van der Waals surface area contributed by atoms with Crippen molar-refractivity contribution >= 4 is 11.7 Å². The van der Waals surface area contributed by atoms with Gasteiger partial charge in [-0.2, -0.15) is 10.1 Å². The van der Waals surface area contributed by atoms with E-state index in [-0.39, 0.29) is 17.5 Å². The highest BCUT2D eigenvalue weighted by atomic mass is 19.1. The molecule has 9 heteroatoms. The number of anilines is 1. The van der Waals surface area contributed by atoms with Crippen molar-refractivity contribution < 1.29 is 23.4 Å². The Kier molecular flexibility index (Phi) is 5.24. The predicted octanol–water partition coefficient (Wildman–Crippen LogP) is 3.86. The smallest absolute Gasteiger partial charge is 0.226 e. The van der Waals surface area contributed by atoms with E-state index in [9.17, 15) is 9.18 Å². The average Bonchev–Trinajstić information content (AvgIpc) is 3.30. The summed E-state index contributed by atoms with van der Waals surface area (Å²) in [7, 11) is 4.69. The summed E-state index contributed by atoms with van der Waals surface area (Å²) in [5, 5.41) is 7.61. The molecule has 2 atom stereocenters. The second-order valence-corrected chi connectivity index (χ2v) is 7.99. The Balaban J connectivity index is 1.57. The van der Waals surface area contributed by atoms with Crippen molar-refractivity contribution in [3.8, 4) is 17.2 Å². The third-order valence-electron chi connectivity index (χ3n) is 6.21. The van der Waals surface area contributed by atoms with E-state index in [2.05, 4.69) is 15.4 Å². The monoisotopic (exact) mass is 450 g/mol. The summed E-state index contributed by atoms with van der Waals surface area (Å²) >= 11 is 0. The van der Waals surface area contributed by atoms with E-state index in [4.69, 9.17) is 14.2 Å². The normalized spacial score (nSPS) is 19.5. The number of nitrogens with one attached hydrogen (secondary N) is 1. The van der Waals surface area contributed by atoms with Crippen LogP contribution < -0.4 is 19.5 Å². The van der Waals surface area contributed by atoms with Gasteiger partial charge in [0.15, 0.2) is 17.3 Å². The number of carbonyl (C=O) groups excluding carboxylic acids is 1. The fourth-order valence-corrected chi connectivity index (χ4v) is 4.68. The number of Topliss-reactive ketones (excluding diaryl/α,β-unsaturated/α-hetero) is 1. The SMILES string of the molecule is COc1cc([C@@H]2CC(=O)C3=C(C2)Nc2ncnn2[C@@H]3c2ccc(F)cc2)cc(OC)c1OC. The van der Waals surface area contributed by atoms with Gasteiger partial charge in [-0.25, -0.2) is 9.07 Å². The van der Waals surface area contributed by atoms with Crippen LogP contribution in [0.25, 0.3) is 0 Å². The molecule has 2 aromatic carbocycles. The molecule has 0 spiro atoms. The molecule has 0 unspecified atom stereocenters. The summed E-state index contributed by atoms with van der Waals surface area (Å²) in [5.41, 5.74) is 3.11. The molecule has 1 aliphatic heterocycles. The van der Waals surface area contributed by atoms with Crippen LogP contribution in [0.3, 0.4) is 0 Å². The average molecular weight is 450 g/mol. The molecule has 0 radical (unpaired) electrons. The van der Waals surface area contributed by atoms with Crippen LogP contribution in [0.15, 0.2) is 54.0 Å². The van der Waals surface area contributed by atoms with E-state index < -0.39 is 6.04 Å². The number of allylic oxidation sites excluding steroid dienone is 2. The van der Waals surface area contributed by atoms with Crippen LogP contribution in [0.1, 0.15) is 35.9 Å². The maximum absolute atomic E-state index is 13.6. The Hall–Kier alpha value is -3.88. The zero-order valence-corrected chi connectivity index (χ0v) is 18.5. The minimum atomic E-state index is -0.465. The summed E-state index contributed by atoms with van der Waals surface area (Å²) in [6.07, 6.45) is 2.34. The number of hydrogen-bond donors (Lipinski definition) is 1. The van der Waals surface area contributed by atoms with Crippen molar-refractivity contribution in [1.29, 1.82) is 0 Å². The topological polar surface area (TPSA) is 87.5 Å². The molecule has 1 N–H and O–H groups in total. The van der Waals surface area contributed by atoms with Crippen LogP contribution in [0.4, 0.5) is 10.3 Å². The predicted molar refractivity (Wildman–Crippen MR) is 118 cm³/mol. The van der Waals surface area contributed by atoms with Gasteiger partial charge in [0.05, 0.1) is 21.3 Å². The van der Waals surface area contributed by atoms with Gasteiger partial charge >= 0.3 is 0 Å². The second-order valence-electron chi connectivity index (χ2n) is 7.99. The molecule has 2 heterocycles. The Morgan fingerprint density at radius 3 is 2.33 bits per heavy atom. The van der Waals surface area contributed by atoms with Gasteiger partial charge < -0.3 is 19.5 Å². The van der Waals surface area contributed by atoms with Crippen molar-refractivity contribution in [3.05, 3.63) is 70.9 Å². The summed E-state index contributed by atoms with van der Waals surface area (Å²) in [5.74, 6) is 1.70. The number of carbonyl (C=O) groups is 1. The number of halogens is 1. The molecule has 8 nitrogen and oxygen atoms in total. The van der Waals surface area contributed by atoms with E-state index in [0.29, 0.717) is 41.6 Å². The Morgan fingerprint density at radius 2 is 1.70 bits per heavy atom. The zero-order chi connectivity index (χ0) is 23.1. The molecule has 0 saturated heterocycles. The number of ether oxygens (including phenoxy) is 3. The third-order valence-corrected chi connectivity index (χ3v) is 6.21. The fraction of sp³-hybridized carbons (Fsp3) is 0.292. The van der Waals surface area contributed by atoms with Crippen molar-refractivity contribution in [2.45, 2.75) is 24.8 Å². The molecule has 1 aliphatic carbocycles. The van der Waals surface area contributed by atoms with Crippen LogP contribution in [0, 0.1) is 5.82 Å². The second kappa shape index (κ2) is 8.23. The van der Waals surface area contributed by atoms with Gasteiger partial charge in [-0.1, -0.05) is 12.1 Å². The molecule has 0 amide bonds. The summed E-state index contributed by atoms with van der Waals surface area (Å²) < 4.78 is 31.6. The number of hydrogen-bond acceptors (Lipinski definition) is 7. The van der Waals surface area contributed by atoms with Crippen molar-refractivity contribution in [1.82, 2.24) is 14.8 Å². The van der Waals surface area contributed by atoms with E-state index in [1.165, 1.54) is 18.5 Å². The lowest BCUT2D eigenvalue weighted by atomic mass is 9.77. The maximum Gasteiger partial charge on any atom is 0.226 e. The molecule has 0 fully saturated rings. The highest BCUT2D eigenvalue weighted by Crippen LogP contribution is 2.46. The number of ketones is 1. The lowest BCUT2D eigenvalue weighted by molar-refractivity contribution is -0.116. The van der Waals surface area contributed by atoms with Gasteiger partial charge in [0.2, 0.25) is 11.7 Å². The van der Waals surface area contributed by atoms with E-state index in [1.54, 1.807) is 38.1 Å². The van der Waals surface area contributed by atoms with Crippen LogP contribution in [-0.4, -0.2) is 41.9 Å². The van der Waals surface area contributed by atoms with Crippen molar-refractivity contribution in [2.75, 3.05) is 26.6 Å². The Morgan fingerprint density at radius 1 is 1.00 bits per heavy atom. The molecule has 2 aliphatic rings. The van der Waals surface area contributed by atoms with Gasteiger partial charge in [-0.05, 0) is 47.7 Å². The first-order chi connectivity index (χ1) is 16.0. The molecule has 3 aromatic rings. The van der Waals surface area contributed by atoms with Crippen LogP contribution >= 0.6 is 0 Å². The Labute approximate surface area is 190 Å². The summed E-state index contributed by atoms with van der Waals surface area (Å²) in [6, 6.07) is 9.44. The largest absolute Gasteiger partial charge is 0.493 e. The highest BCUT2D eigenvalue weighted by Gasteiger charge is 2.39. The first-order valence-electron chi connectivity index (χ1n) is 10.5. The minimum Gasteiger partial charge on any atom is -0.493 e. The Bertz CT molecular complexity index is 1230. The number of rotatable bonds is 5. The maximum atomic E-state index is 13.6. The summed E-state index contributed by atoms with van der Waals surface area (Å²) in [4.78, 5) is 17.8. The number of aromatic nitrogens is 3. The number of benzene rings is 2. The molecule has 0 bridgehead atoms. The number of nitrogens with zero attached hydrogens (tertiary/aromatic N) is 3. The lowest BCUT2D eigenvalue weighted by Gasteiger charge is -2.35. The fourth-order valence-electron chi connectivity index (χ4n) is 4.68. The minimum absolute atomic E-state index is 0.00187.